The normalized spacial score (nSPS) is 8.82. The molecule has 0 aromatic carbocycles. The van der Waals surface area contributed by atoms with Gasteiger partial charge in [-0.25, -0.2) is 0 Å². The smallest absolute Gasteiger partial charge is 0.303 e. The van der Waals surface area contributed by atoms with Crippen LogP contribution in [0.2, 0.25) is 0 Å². The summed E-state index contributed by atoms with van der Waals surface area (Å²) in [6.07, 6.45) is 5.88. The van der Waals surface area contributed by atoms with Gasteiger partial charge >= 0.3 is 5.97 Å². The quantitative estimate of drug-likeness (QED) is 0.741. The van der Waals surface area contributed by atoms with E-state index in [0.717, 1.165) is 12.8 Å². The number of unbranched alkanes of at least 4 members (excludes halogenated alkanes) is 4. The van der Waals surface area contributed by atoms with E-state index < -0.39 is 5.97 Å². The summed E-state index contributed by atoms with van der Waals surface area (Å²) >= 11 is 0. The van der Waals surface area contributed by atoms with Crippen molar-refractivity contribution >= 4 is 31.8 Å². The van der Waals surface area contributed by atoms with E-state index >= 15 is 0 Å². The molecule has 0 aliphatic rings. The van der Waals surface area contributed by atoms with Gasteiger partial charge in [0, 0.05) is 32.3 Å². The Morgan fingerprint density at radius 2 is 1.73 bits per heavy atom. The van der Waals surface area contributed by atoms with Crippen LogP contribution in [0.5, 0.6) is 0 Å². The van der Waals surface area contributed by atoms with Gasteiger partial charge in [-0.2, -0.15) is 0 Å². The number of carbonyl (C=O) groups is 1. The molecule has 2 nitrogen and oxygen atoms in total. The molecule has 0 aromatic rings. The molecule has 0 aromatic heterocycles. The fourth-order valence-electron chi connectivity index (χ4n) is 0.880. The molecule has 11 heavy (non-hydrogen) atoms. The van der Waals surface area contributed by atoms with Gasteiger partial charge in [0.05, 0.1) is 0 Å². The van der Waals surface area contributed by atoms with E-state index in [-0.39, 0.29) is 25.8 Å². The van der Waals surface area contributed by atoms with E-state index in [2.05, 4.69) is 6.92 Å². The standard InChI is InChI=1S/C8H16O2.In/c1-2-3-4-5-6-7-8(9)10;/h2-7H2,1H3,(H,9,10);. The molecular formula is C8H16InO2. The number of aliphatic carboxylic acids is 1. The second kappa shape index (κ2) is 10.3. The van der Waals surface area contributed by atoms with E-state index in [1.165, 1.54) is 19.3 Å². The maximum Gasteiger partial charge on any atom is 0.303 e. The predicted octanol–water partition coefficient (Wildman–Crippen LogP) is 2.05. The van der Waals surface area contributed by atoms with Crippen molar-refractivity contribution in [3.05, 3.63) is 0 Å². The van der Waals surface area contributed by atoms with Gasteiger partial charge in [-0.05, 0) is 6.42 Å². The molecule has 0 aliphatic carbocycles. The first-order valence-corrected chi connectivity index (χ1v) is 3.99. The summed E-state index contributed by atoms with van der Waals surface area (Å²) in [5.41, 5.74) is 0. The molecule has 0 bridgehead atoms. The Bertz CT molecular complexity index is 94.1. The minimum absolute atomic E-state index is 0. The van der Waals surface area contributed by atoms with E-state index in [0.29, 0.717) is 6.42 Å². The molecule has 1 N–H and O–H groups in total. The topological polar surface area (TPSA) is 37.3 Å². The van der Waals surface area contributed by atoms with E-state index in [1.807, 2.05) is 0 Å². The first kappa shape index (κ1) is 13.9. The van der Waals surface area contributed by atoms with Crippen molar-refractivity contribution in [3.8, 4) is 0 Å². The summed E-state index contributed by atoms with van der Waals surface area (Å²) in [5, 5.41) is 8.27. The van der Waals surface area contributed by atoms with Crippen molar-refractivity contribution in [1.29, 1.82) is 0 Å². The van der Waals surface area contributed by atoms with E-state index in [9.17, 15) is 4.79 Å². The van der Waals surface area contributed by atoms with Crippen LogP contribution in [0.25, 0.3) is 0 Å². The van der Waals surface area contributed by atoms with Crippen molar-refractivity contribution in [2.24, 2.45) is 0 Å². The molecule has 0 amide bonds. The van der Waals surface area contributed by atoms with Crippen LogP contribution in [0, 0.1) is 0 Å². The van der Waals surface area contributed by atoms with Crippen LogP contribution in [0.3, 0.4) is 0 Å². The number of carboxylic acid groups (broad SMARTS) is 1. The fraction of sp³-hybridized carbons (Fsp3) is 0.875. The summed E-state index contributed by atoms with van der Waals surface area (Å²) in [6.45, 7) is 2.15. The average Bonchev–Trinajstić information content (AvgIpc) is 1.87. The summed E-state index contributed by atoms with van der Waals surface area (Å²) < 4.78 is 0. The molecule has 0 saturated carbocycles. The van der Waals surface area contributed by atoms with Gasteiger partial charge in [-0.15, -0.1) is 0 Å². The third kappa shape index (κ3) is 13.3. The molecule has 0 aliphatic heterocycles. The Balaban J connectivity index is 0. The Hall–Kier alpha value is 0.340. The Morgan fingerprint density at radius 1 is 1.18 bits per heavy atom. The maximum absolute atomic E-state index is 10.0. The molecule has 0 saturated heterocycles. The second-order valence-corrected chi connectivity index (χ2v) is 2.56. The molecule has 0 heterocycles. The minimum Gasteiger partial charge on any atom is -0.481 e. The first-order valence-electron chi connectivity index (χ1n) is 3.99. The van der Waals surface area contributed by atoms with Gasteiger partial charge in [0.15, 0.2) is 0 Å². The van der Waals surface area contributed by atoms with Gasteiger partial charge < -0.3 is 5.11 Å². The van der Waals surface area contributed by atoms with Gasteiger partial charge in [0.1, 0.15) is 0 Å². The molecule has 3 radical (unpaired) electrons. The first-order chi connectivity index (χ1) is 4.77. The predicted molar refractivity (Wildman–Crippen MR) is 46.8 cm³/mol. The summed E-state index contributed by atoms with van der Waals surface area (Å²) in [5.74, 6) is -0.670. The molecule has 3 heteroatoms. The molecule has 0 fully saturated rings. The van der Waals surface area contributed by atoms with Crippen LogP contribution in [0.1, 0.15) is 45.4 Å². The molecule has 0 atom stereocenters. The Kier molecular flexibility index (Phi) is 13.1. The van der Waals surface area contributed by atoms with Crippen molar-refractivity contribution in [2.45, 2.75) is 45.4 Å². The van der Waals surface area contributed by atoms with Gasteiger partial charge in [0.2, 0.25) is 0 Å². The van der Waals surface area contributed by atoms with Crippen LogP contribution in [-0.4, -0.2) is 36.9 Å². The van der Waals surface area contributed by atoms with Crippen molar-refractivity contribution in [2.75, 3.05) is 0 Å². The average molecular weight is 259 g/mol. The second-order valence-electron chi connectivity index (χ2n) is 2.56. The van der Waals surface area contributed by atoms with E-state index in [1.54, 1.807) is 0 Å². The third-order valence-corrected chi connectivity index (χ3v) is 1.49. The van der Waals surface area contributed by atoms with Gasteiger partial charge in [-0.1, -0.05) is 32.6 Å². The maximum atomic E-state index is 10.0. The third-order valence-electron chi connectivity index (χ3n) is 1.49. The van der Waals surface area contributed by atoms with Crippen LogP contribution in [-0.2, 0) is 4.79 Å². The Labute approximate surface area is 87.2 Å². The molecule has 0 rings (SSSR count). The van der Waals surface area contributed by atoms with Crippen molar-refractivity contribution in [3.63, 3.8) is 0 Å². The zero-order valence-electron chi connectivity index (χ0n) is 7.18. The number of hydrogen-bond donors (Lipinski definition) is 1. The molecule has 63 valence electrons. The van der Waals surface area contributed by atoms with Crippen LogP contribution < -0.4 is 0 Å². The van der Waals surface area contributed by atoms with Crippen molar-refractivity contribution < 1.29 is 9.90 Å². The van der Waals surface area contributed by atoms with Crippen LogP contribution in [0.15, 0.2) is 0 Å². The van der Waals surface area contributed by atoms with Crippen LogP contribution in [0.4, 0.5) is 0 Å². The Morgan fingerprint density at radius 3 is 2.18 bits per heavy atom. The minimum atomic E-state index is -0.670. The number of carboxylic acids is 1. The fourth-order valence-corrected chi connectivity index (χ4v) is 0.880. The molecule has 0 spiro atoms. The van der Waals surface area contributed by atoms with Gasteiger partial charge in [-0.3, -0.25) is 4.79 Å². The molecular weight excluding hydrogens is 243 g/mol. The largest absolute Gasteiger partial charge is 0.481 e. The summed E-state index contributed by atoms with van der Waals surface area (Å²) in [6, 6.07) is 0. The summed E-state index contributed by atoms with van der Waals surface area (Å²) in [4.78, 5) is 10.0. The van der Waals surface area contributed by atoms with Crippen molar-refractivity contribution in [1.82, 2.24) is 0 Å². The van der Waals surface area contributed by atoms with Gasteiger partial charge in [0.25, 0.3) is 0 Å². The van der Waals surface area contributed by atoms with E-state index in [4.69, 9.17) is 5.11 Å². The molecule has 0 unspecified atom stereocenters. The zero-order valence-corrected chi connectivity index (χ0v) is 10.5. The zero-order chi connectivity index (χ0) is 7.82. The van der Waals surface area contributed by atoms with Crippen LogP contribution >= 0.6 is 0 Å². The number of rotatable bonds is 6. The summed E-state index contributed by atoms with van der Waals surface area (Å²) in [7, 11) is 0. The number of hydrogen-bond acceptors (Lipinski definition) is 1. The SMILES string of the molecule is CCCCCCCC(=O)O.[In]. The monoisotopic (exact) mass is 259 g/mol.